The number of hydrogen-bond acceptors (Lipinski definition) is 8. The van der Waals surface area contributed by atoms with Gasteiger partial charge in [0.1, 0.15) is 11.6 Å². The van der Waals surface area contributed by atoms with E-state index in [2.05, 4.69) is 26.3 Å². The number of hydrogen-bond donors (Lipinski definition) is 3. The number of halogens is 1. The molecule has 1 saturated carbocycles. The highest BCUT2D eigenvalue weighted by Gasteiger charge is 2.51. The number of amides is 1. The Balaban J connectivity index is 1.36. The lowest BCUT2D eigenvalue weighted by molar-refractivity contribution is -0.143. The zero-order chi connectivity index (χ0) is 25.4. The molecule has 11 heteroatoms. The molecule has 0 saturated heterocycles. The normalized spacial score (nSPS) is 24.7. The average Bonchev–Trinajstić information content (AvgIpc) is 3.42. The Bertz CT molecular complexity index is 1210. The number of nitrogens with two attached hydrogens (primary N) is 1. The van der Waals surface area contributed by atoms with Crippen molar-refractivity contribution >= 4 is 41.1 Å². The van der Waals surface area contributed by atoms with Gasteiger partial charge in [-0.3, -0.25) is 18.9 Å². The van der Waals surface area contributed by atoms with Gasteiger partial charge < -0.3 is 20.9 Å². The highest BCUT2D eigenvalue weighted by atomic mass is 35.5. The monoisotopic (exact) mass is 512 g/mol. The van der Waals surface area contributed by atoms with Crippen LogP contribution in [0, 0.1) is 17.8 Å². The fourth-order valence-electron chi connectivity index (χ4n) is 5.68. The second-order valence-electron chi connectivity index (χ2n) is 9.54. The molecule has 1 aliphatic heterocycles. The second-order valence-corrected chi connectivity index (χ2v) is 9.91. The molecule has 0 spiro atoms. The Morgan fingerprint density at radius 3 is 2.67 bits per heavy atom. The second kappa shape index (κ2) is 9.94. The molecule has 1 aromatic carbocycles. The number of nitrogens with zero attached hydrogens (tertiary/aromatic N) is 4. The molecule has 4 atom stereocenters. The van der Waals surface area contributed by atoms with Crippen molar-refractivity contribution in [2.24, 2.45) is 23.5 Å². The number of carboxylic acids is 1. The molecule has 1 fully saturated rings. The maximum atomic E-state index is 11.9. The quantitative estimate of drug-likeness (QED) is 0.360. The number of anilines is 3. The Labute approximate surface area is 214 Å². The largest absolute Gasteiger partial charge is 0.495 e. The number of nitrogens with one attached hydrogen (secondary N) is 1. The standard InChI is InChI=1S/C25H29ClN6O4/c1-36-19-12-15-6-9-31(13-20(27)33)8-5-14(15)11-18(19)29-25-28-7-4-21(30-25)32(26)23-17-3-2-16(10-17)22(23)24(34)35/h2-4,7,11-12,16-17,22-23H,5-6,8-10,13H2,1H3,(H2,27,33)(H,34,35)(H,28,29,30)/t16-,17+,22+,23-/m1/s1. The van der Waals surface area contributed by atoms with Crippen molar-refractivity contribution in [1.82, 2.24) is 14.9 Å². The number of benzene rings is 1. The number of ether oxygens (including phenoxy) is 1. The van der Waals surface area contributed by atoms with Crippen LogP contribution in [0.3, 0.4) is 0 Å². The van der Waals surface area contributed by atoms with Gasteiger partial charge in [-0.25, -0.2) is 4.98 Å². The van der Waals surface area contributed by atoms with E-state index in [1.807, 2.05) is 18.2 Å². The average molecular weight is 513 g/mol. The van der Waals surface area contributed by atoms with E-state index in [-0.39, 0.29) is 30.3 Å². The van der Waals surface area contributed by atoms with Crippen molar-refractivity contribution in [3.05, 3.63) is 47.7 Å². The van der Waals surface area contributed by atoms with Crippen LogP contribution in [0.4, 0.5) is 17.5 Å². The molecule has 3 aliphatic rings. The molecule has 1 aromatic heterocycles. The topological polar surface area (TPSA) is 134 Å². The predicted molar refractivity (Wildman–Crippen MR) is 135 cm³/mol. The van der Waals surface area contributed by atoms with Crippen LogP contribution < -0.4 is 20.2 Å². The third-order valence-corrected chi connectivity index (χ3v) is 7.77. The maximum absolute atomic E-state index is 11.9. The minimum Gasteiger partial charge on any atom is -0.495 e. The van der Waals surface area contributed by atoms with Crippen LogP contribution in [-0.2, 0) is 22.4 Å². The van der Waals surface area contributed by atoms with Crippen LogP contribution >= 0.6 is 11.8 Å². The summed E-state index contributed by atoms with van der Waals surface area (Å²) in [5, 5.41) is 13.0. The summed E-state index contributed by atoms with van der Waals surface area (Å²) in [6.45, 7) is 1.72. The predicted octanol–water partition coefficient (Wildman–Crippen LogP) is 2.35. The summed E-state index contributed by atoms with van der Waals surface area (Å²) >= 11 is 6.70. The van der Waals surface area contributed by atoms with Crippen LogP contribution in [0.5, 0.6) is 5.75 Å². The molecule has 2 aliphatic carbocycles. The molecular formula is C25H29ClN6O4. The molecule has 190 valence electrons. The van der Waals surface area contributed by atoms with E-state index in [0.29, 0.717) is 23.2 Å². The van der Waals surface area contributed by atoms with Crippen molar-refractivity contribution in [3.8, 4) is 5.75 Å². The summed E-state index contributed by atoms with van der Waals surface area (Å²) < 4.78 is 7.08. The molecule has 0 unspecified atom stereocenters. The number of carbonyl (C=O) groups is 2. The summed E-state index contributed by atoms with van der Waals surface area (Å²) in [6.07, 6.45) is 7.97. The molecule has 1 amide bonds. The van der Waals surface area contributed by atoms with Crippen molar-refractivity contribution in [1.29, 1.82) is 0 Å². The first kappa shape index (κ1) is 24.3. The Kier molecular flexibility index (Phi) is 6.72. The number of carbonyl (C=O) groups excluding carboxylic acids is 1. The van der Waals surface area contributed by atoms with Crippen molar-refractivity contribution in [2.75, 3.05) is 36.5 Å². The third-order valence-electron chi connectivity index (χ3n) is 7.37. The first-order valence-corrected chi connectivity index (χ1v) is 12.3. The third kappa shape index (κ3) is 4.70. The van der Waals surface area contributed by atoms with Gasteiger partial charge in [-0.1, -0.05) is 12.2 Å². The van der Waals surface area contributed by atoms with Crippen LogP contribution in [0.1, 0.15) is 17.5 Å². The number of carboxylic acid groups (broad SMARTS) is 1. The Morgan fingerprint density at radius 1 is 1.25 bits per heavy atom. The number of rotatable bonds is 8. The molecule has 2 heterocycles. The molecular weight excluding hydrogens is 484 g/mol. The van der Waals surface area contributed by atoms with Crippen LogP contribution in [0.2, 0.25) is 0 Å². The van der Waals surface area contributed by atoms with Gasteiger partial charge in [0.25, 0.3) is 0 Å². The van der Waals surface area contributed by atoms with Gasteiger partial charge in [0.2, 0.25) is 11.9 Å². The SMILES string of the molecule is COc1cc2c(cc1Nc1nccc(N(Cl)[C@H]3[C@@H](C(=O)O)[C@@H]4C=C[C@H]3C4)n1)CCN(CC(N)=O)CC2. The molecule has 0 radical (unpaired) electrons. The highest BCUT2D eigenvalue weighted by molar-refractivity contribution is 6.26. The van der Waals surface area contributed by atoms with Crippen LogP contribution in [-0.4, -0.2) is 64.6 Å². The number of aromatic nitrogens is 2. The number of primary amides is 1. The highest BCUT2D eigenvalue weighted by Crippen LogP contribution is 2.47. The van der Waals surface area contributed by atoms with E-state index >= 15 is 0 Å². The number of fused-ring (bicyclic) bond motifs is 3. The van der Waals surface area contributed by atoms with E-state index in [9.17, 15) is 14.7 Å². The minimum atomic E-state index is -0.848. The van der Waals surface area contributed by atoms with E-state index in [4.69, 9.17) is 22.2 Å². The number of aliphatic carboxylic acids is 1. The molecule has 4 N–H and O–H groups in total. The molecule has 10 nitrogen and oxygen atoms in total. The molecule has 36 heavy (non-hydrogen) atoms. The van der Waals surface area contributed by atoms with Gasteiger partial charge in [-0.2, -0.15) is 4.98 Å². The van der Waals surface area contributed by atoms with Crippen molar-refractivity contribution in [3.63, 3.8) is 0 Å². The van der Waals surface area contributed by atoms with Gasteiger partial charge in [0, 0.05) is 43.0 Å². The van der Waals surface area contributed by atoms with E-state index in [0.717, 1.165) is 43.5 Å². The van der Waals surface area contributed by atoms with Crippen LogP contribution in [0.15, 0.2) is 36.5 Å². The Hall–Kier alpha value is -3.37. The van der Waals surface area contributed by atoms with E-state index in [1.54, 1.807) is 19.4 Å². The van der Waals surface area contributed by atoms with E-state index < -0.39 is 11.9 Å². The summed E-state index contributed by atoms with van der Waals surface area (Å²) in [5.74, 6) is -0.296. The lowest BCUT2D eigenvalue weighted by Crippen LogP contribution is -2.42. The zero-order valence-electron chi connectivity index (χ0n) is 19.9. The summed E-state index contributed by atoms with van der Waals surface area (Å²) in [4.78, 5) is 34.3. The maximum Gasteiger partial charge on any atom is 0.309 e. The van der Waals surface area contributed by atoms with Crippen molar-refractivity contribution in [2.45, 2.75) is 25.3 Å². The first-order chi connectivity index (χ1) is 17.3. The lowest BCUT2D eigenvalue weighted by Gasteiger charge is -2.31. The smallest absolute Gasteiger partial charge is 0.309 e. The summed E-state index contributed by atoms with van der Waals surface area (Å²) in [6, 6.07) is 5.32. The molecule has 5 rings (SSSR count). The fourth-order valence-corrected chi connectivity index (χ4v) is 6.04. The van der Waals surface area contributed by atoms with Gasteiger partial charge in [0.15, 0.2) is 0 Å². The minimum absolute atomic E-state index is 0.0130. The van der Waals surface area contributed by atoms with Crippen LogP contribution in [0.25, 0.3) is 0 Å². The lowest BCUT2D eigenvalue weighted by atomic mass is 9.89. The van der Waals surface area contributed by atoms with Gasteiger partial charge in [-0.05, 0) is 48.4 Å². The molecule has 2 aromatic rings. The first-order valence-electron chi connectivity index (χ1n) is 12.0. The van der Waals surface area contributed by atoms with Crippen molar-refractivity contribution < 1.29 is 19.4 Å². The van der Waals surface area contributed by atoms with Gasteiger partial charge in [0.05, 0.1) is 31.3 Å². The van der Waals surface area contributed by atoms with Gasteiger partial charge >= 0.3 is 5.97 Å². The summed E-state index contributed by atoms with van der Waals surface area (Å²) in [5.41, 5.74) is 8.40. The number of allylic oxidation sites excluding steroid dienone is 1. The fraction of sp³-hybridized carbons (Fsp3) is 0.440. The van der Waals surface area contributed by atoms with Gasteiger partial charge in [-0.15, -0.1) is 0 Å². The zero-order valence-corrected chi connectivity index (χ0v) is 20.7. The van der Waals surface area contributed by atoms with E-state index in [1.165, 1.54) is 4.42 Å². The number of methoxy groups -OCH3 is 1. The molecule has 2 bridgehead atoms. The summed E-state index contributed by atoms with van der Waals surface area (Å²) in [7, 11) is 1.61. The Morgan fingerprint density at radius 2 is 1.97 bits per heavy atom.